The average Bonchev–Trinajstić information content (AvgIpc) is 3.48. The molecule has 0 aromatic heterocycles. The molecule has 2 saturated heterocycles. The summed E-state index contributed by atoms with van der Waals surface area (Å²) in [5, 5.41) is 12.2. The maximum atomic E-state index is 14.6. The van der Waals surface area contributed by atoms with Gasteiger partial charge in [0.15, 0.2) is 5.83 Å². The lowest BCUT2D eigenvalue weighted by Crippen LogP contribution is -2.57. The molecule has 2 aromatic rings. The van der Waals surface area contributed by atoms with Crippen molar-refractivity contribution in [2.45, 2.75) is 31.0 Å². The van der Waals surface area contributed by atoms with Crippen molar-refractivity contribution in [3.63, 3.8) is 0 Å². The van der Waals surface area contributed by atoms with Gasteiger partial charge in [0.05, 0.1) is 11.1 Å². The number of hydrogen-bond donors (Lipinski definition) is 0. The average molecular weight is 678 g/mol. The monoisotopic (exact) mass is 676 g/mol. The fourth-order valence-electron chi connectivity index (χ4n) is 6.99. The maximum Gasteiger partial charge on any atom is 0.282 e. The Labute approximate surface area is 282 Å². The molecular weight excluding hydrogens is 645 g/mol. The number of benzene rings is 2. The number of rotatable bonds is 6. The highest BCUT2D eigenvalue weighted by molar-refractivity contribution is 6.40. The minimum absolute atomic E-state index is 0.0102. The van der Waals surface area contributed by atoms with E-state index < -0.39 is 35.6 Å². The van der Waals surface area contributed by atoms with Gasteiger partial charge in [-0.3, -0.25) is 4.79 Å². The minimum Gasteiger partial charge on any atom is -0.475 e. The summed E-state index contributed by atoms with van der Waals surface area (Å²) in [7, 11) is 2.04. The van der Waals surface area contributed by atoms with Crippen molar-refractivity contribution in [3.05, 3.63) is 99.0 Å². The van der Waals surface area contributed by atoms with Crippen LogP contribution in [0.25, 0.3) is 21.2 Å². The van der Waals surface area contributed by atoms with Gasteiger partial charge >= 0.3 is 0 Å². The molecular formula is C35H32Cl2F2N6O2. The molecule has 47 heavy (non-hydrogen) atoms. The molecule has 1 amide bonds. The third-order valence-corrected chi connectivity index (χ3v) is 10.1. The molecule has 3 aliphatic heterocycles. The highest BCUT2D eigenvalue weighted by atomic mass is 35.5. The van der Waals surface area contributed by atoms with Crippen molar-refractivity contribution in [1.82, 2.24) is 14.7 Å². The molecule has 6 rings (SSSR count). The molecule has 2 aromatic carbocycles. The number of carbonyl (C=O) groups excluding carboxylic acids is 1. The first-order valence-electron chi connectivity index (χ1n) is 15.4. The van der Waals surface area contributed by atoms with Gasteiger partial charge in [-0.2, -0.15) is 5.26 Å². The Bertz CT molecular complexity index is 1860. The summed E-state index contributed by atoms with van der Waals surface area (Å²) in [6, 6.07) is 9.82. The zero-order chi connectivity index (χ0) is 33.4. The molecule has 4 aliphatic rings. The van der Waals surface area contributed by atoms with Crippen LogP contribution in [0.15, 0.2) is 76.2 Å². The summed E-state index contributed by atoms with van der Waals surface area (Å²) >= 11 is 13.5. The van der Waals surface area contributed by atoms with Gasteiger partial charge in [-0.1, -0.05) is 60.1 Å². The predicted molar refractivity (Wildman–Crippen MR) is 179 cm³/mol. The van der Waals surface area contributed by atoms with Gasteiger partial charge in [0.1, 0.15) is 30.1 Å². The van der Waals surface area contributed by atoms with Crippen molar-refractivity contribution >= 4 is 51.4 Å². The highest BCUT2D eigenvalue weighted by Crippen LogP contribution is 2.44. The molecule has 1 aliphatic carbocycles. The smallest absolute Gasteiger partial charge is 0.282 e. The number of amides is 1. The molecule has 4 atom stereocenters. The number of hydrogen-bond acceptors (Lipinski definition) is 6. The van der Waals surface area contributed by atoms with Gasteiger partial charge in [0, 0.05) is 47.7 Å². The maximum absolute atomic E-state index is 14.6. The number of nitriles is 1. The van der Waals surface area contributed by atoms with Gasteiger partial charge < -0.3 is 24.3 Å². The van der Waals surface area contributed by atoms with Crippen molar-refractivity contribution in [2.75, 3.05) is 46.4 Å². The largest absolute Gasteiger partial charge is 0.475 e. The number of aliphatic imine (C=N–C) groups is 1. The van der Waals surface area contributed by atoms with Crippen LogP contribution in [0.2, 0.25) is 5.02 Å². The van der Waals surface area contributed by atoms with E-state index in [1.165, 1.54) is 11.0 Å². The first-order chi connectivity index (χ1) is 22.6. The molecule has 242 valence electrons. The summed E-state index contributed by atoms with van der Waals surface area (Å²) in [6.45, 7) is 12.5. The Kier molecular flexibility index (Phi) is 9.39. The number of ether oxygens (including phenoxy) is 1. The molecule has 0 bridgehead atoms. The second kappa shape index (κ2) is 13.5. The molecule has 0 saturated carbocycles. The molecule has 2 fully saturated rings. The number of nitrogens with zero attached hydrogens (tertiary/aromatic N) is 6. The van der Waals surface area contributed by atoms with E-state index in [2.05, 4.69) is 22.4 Å². The Morgan fingerprint density at radius 3 is 2.72 bits per heavy atom. The van der Waals surface area contributed by atoms with Crippen LogP contribution in [0.4, 0.5) is 8.78 Å². The number of likely N-dealkylation sites (N-methyl/N-ethyl adjacent to an activating group) is 1. The number of piperazine rings is 1. The predicted octanol–water partition coefficient (Wildman–Crippen LogP) is 6.35. The van der Waals surface area contributed by atoms with E-state index in [1.54, 1.807) is 6.07 Å². The number of halogens is 4. The fourth-order valence-corrected chi connectivity index (χ4v) is 7.57. The van der Waals surface area contributed by atoms with Gasteiger partial charge in [0.2, 0.25) is 12.4 Å². The fraction of sp³-hybridized carbons (Fsp3) is 0.371. The van der Waals surface area contributed by atoms with Crippen LogP contribution in [0, 0.1) is 29.6 Å². The lowest BCUT2D eigenvalue weighted by molar-refractivity contribution is -0.132. The third kappa shape index (κ3) is 6.14. The van der Waals surface area contributed by atoms with Crippen LogP contribution in [-0.2, 0) is 9.53 Å². The summed E-state index contributed by atoms with van der Waals surface area (Å²) in [6.07, 6.45) is 5.74. The van der Waals surface area contributed by atoms with E-state index >= 15 is 0 Å². The van der Waals surface area contributed by atoms with Gasteiger partial charge in [-0.05, 0) is 55.1 Å². The van der Waals surface area contributed by atoms with Crippen LogP contribution in [0.5, 0.6) is 0 Å². The van der Waals surface area contributed by atoms with E-state index in [1.807, 2.05) is 42.3 Å². The number of allylic oxidation sites excluding steroid dienone is 2. The molecule has 0 spiro atoms. The van der Waals surface area contributed by atoms with E-state index in [0.29, 0.717) is 33.9 Å². The van der Waals surface area contributed by atoms with Crippen LogP contribution < -0.4 is 0 Å². The first kappa shape index (κ1) is 32.7. The summed E-state index contributed by atoms with van der Waals surface area (Å²) < 4.78 is 34.9. The molecule has 12 heteroatoms. The third-order valence-electron chi connectivity index (χ3n) is 9.38. The van der Waals surface area contributed by atoms with E-state index in [4.69, 9.17) is 39.5 Å². The Balaban J connectivity index is 1.43. The number of dihydropyridines is 1. The lowest BCUT2D eigenvalue weighted by Gasteiger charge is -2.44. The van der Waals surface area contributed by atoms with Crippen molar-refractivity contribution in [3.8, 4) is 6.07 Å². The topological polar surface area (TPSA) is 76.5 Å². The lowest BCUT2D eigenvalue weighted by atomic mass is 9.82. The van der Waals surface area contributed by atoms with Gasteiger partial charge in [-0.15, -0.1) is 0 Å². The van der Waals surface area contributed by atoms with Gasteiger partial charge in [-0.25, -0.2) is 20.3 Å². The number of fused-ring (bicyclic) bond motifs is 2. The minimum atomic E-state index is -1.09. The molecule has 8 nitrogen and oxygen atoms in total. The summed E-state index contributed by atoms with van der Waals surface area (Å²) in [5.74, 6) is -2.77. The SMILES string of the molecule is [C-]#[N+]C[C@H]1CN(C2=C(C#N)C(OC[C@@H]3CCCN3C)=NC3C=C(c4cccc5ccc(F)c(Cl)c45)C(Cl)=CC23)CCN1C(=O)C(=C)F. The Morgan fingerprint density at radius 2 is 2.02 bits per heavy atom. The standard InChI is InChI=1S/C35H32Cl2F2N6O2/c1-20(38)35(46)45-13-12-44(18-23(45)17-41-2)33-26-14-28(36)25(24-8-4-6-21-9-10-29(39)32(37)31(21)24)15-30(26)42-34(27(33)16-40)47-19-22-7-5-11-43(22)3/h4,6,8-10,14-15,22-23,26,30H,1,5,7,11-13,17-19H2,3H3/t22-,23-,26?,30?/m0/s1. The Morgan fingerprint density at radius 1 is 1.21 bits per heavy atom. The number of likely N-dealkylation sites (tertiary alicyclic amines) is 1. The molecule has 2 unspecified atom stereocenters. The van der Waals surface area contributed by atoms with E-state index in [0.717, 1.165) is 24.8 Å². The van der Waals surface area contributed by atoms with E-state index in [-0.39, 0.29) is 48.7 Å². The summed E-state index contributed by atoms with van der Waals surface area (Å²) in [4.78, 5) is 26.6. The highest BCUT2D eigenvalue weighted by Gasteiger charge is 2.42. The molecule has 0 radical (unpaired) electrons. The van der Waals surface area contributed by atoms with Crippen molar-refractivity contribution in [2.24, 2.45) is 10.9 Å². The normalized spacial score (nSPS) is 24.6. The zero-order valence-electron chi connectivity index (χ0n) is 25.7. The molecule has 3 heterocycles. The van der Waals surface area contributed by atoms with E-state index in [9.17, 15) is 18.8 Å². The van der Waals surface area contributed by atoms with Crippen molar-refractivity contribution in [1.29, 1.82) is 5.26 Å². The zero-order valence-corrected chi connectivity index (χ0v) is 27.2. The first-order valence-corrected chi connectivity index (χ1v) is 16.1. The van der Waals surface area contributed by atoms with Crippen LogP contribution >= 0.6 is 23.2 Å². The molecule has 0 N–H and O–H groups in total. The second-order valence-corrected chi connectivity index (χ2v) is 12.9. The van der Waals surface area contributed by atoms with Crippen LogP contribution in [-0.4, -0.2) is 91.0 Å². The quantitative estimate of drug-likeness (QED) is 0.263. The summed E-state index contributed by atoms with van der Waals surface area (Å²) in [5.41, 5.74) is 2.12. The number of carbonyl (C=O) groups is 1. The van der Waals surface area contributed by atoms with Crippen molar-refractivity contribution < 1.29 is 18.3 Å². The van der Waals surface area contributed by atoms with Gasteiger partial charge in [0.25, 0.3) is 5.91 Å². The van der Waals surface area contributed by atoms with Crippen LogP contribution in [0.1, 0.15) is 18.4 Å². The second-order valence-electron chi connectivity index (χ2n) is 12.1. The Hall–Kier alpha value is -4.22. The van der Waals surface area contributed by atoms with Crippen LogP contribution in [0.3, 0.4) is 0 Å².